The highest BCUT2D eigenvalue weighted by Gasteiger charge is 2.20. The number of unbranched alkanes of at least 4 members (excludes halogenated alkanes) is 2. The van der Waals surface area contributed by atoms with Crippen molar-refractivity contribution in [3.8, 4) is 0 Å². The first-order valence-electron chi connectivity index (χ1n) is 8.81. The van der Waals surface area contributed by atoms with Crippen molar-refractivity contribution in [3.63, 3.8) is 0 Å². The molecule has 146 valence electrons. The molecule has 0 aliphatic heterocycles. The number of thiazole rings is 1. The third-order valence-corrected chi connectivity index (χ3v) is 5.06. The van der Waals surface area contributed by atoms with Crippen LogP contribution in [0.5, 0.6) is 0 Å². The molecule has 0 N–H and O–H groups in total. The fourth-order valence-corrected chi connectivity index (χ4v) is 3.81. The smallest absolute Gasteiger partial charge is 0.357 e. The van der Waals surface area contributed by atoms with Crippen LogP contribution in [-0.4, -0.2) is 34.9 Å². The molecular weight excluding hydrogens is 407 g/mol. The number of hydrogen-bond acceptors (Lipinski definition) is 5. The minimum absolute atomic E-state index is 0.164. The fraction of sp³-hybridized carbons (Fsp3) is 0.421. The van der Waals surface area contributed by atoms with E-state index in [4.69, 9.17) is 27.9 Å². The molecule has 1 heterocycles. The highest BCUT2D eigenvalue weighted by molar-refractivity contribution is 7.09. The summed E-state index contributed by atoms with van der Waals surface area (Å²) in [6, 6.07) is 4.80. The van der Waals surface area contributed by atoms with E-state index in [0.717, 1.165) is 19.3 Å². The standard InChI is InChI=1S/C19H22Cl2N2O3S/c1-3-5-6-7-23(18(24)13-8-14(20)10-15(21)9-13)11-17-22-16(12-27-17)19(25)26-4-2/h8-10,12H,3-7,11H2,1-2H3. The van der Waals surface area contributed by atoms with Gasteiger partial charge in [-0.1, -0.05) is 43.0 Å². The molecule has 0 spiro atoms. The molecule has 0 atom stereocenters. The van der Waals surface area contributed by atoms with Gasteiger partial charge in [0.15, 0.2) is 5.69 Å². The maximum atomic E-state index is 13.0. The van der Waals surface area contributed by atoms with Crippen LogP contribution in [0.25, 0.3) is 0 Å². The Kier molecular flexibility index (Phi) is 8.54. The van der Waals surface area contributed by atoms with Crippen LogP contribution in [0.1, 0.15) is 59.0 Å². The maximum absolute atomic E-state index is 13.0. The van der Waals surface area contributed by atoms with Crippen LogP contribution in [0.4, 0.5) is 0 Å². The minimum atomic E-state index is -0.453. The van der Waals surface area contributed by atoms with Gasteiger partial charge in [-0.2, -0.15) is 0 Å². The van der Waals surface area contributed by atoms with E-state index >= 15 is 0 Å². The number of nitrogens with zero attached hydrogens (tertiary/aromatic N) is 2. The molecule has 1 amide bonds. The molecule has 1 aromatic heterocycles. The van der Waals surface area contributed by atoms with Gasteiger partial charge < -0.3 is 9.64 Å². The minimum Gasteiger partial charge on any atom is -0.461 e. The molecule has 0 aliphatic rings. The molecule has 0 radical (unpaired) electrons. The molecule has 0 unspecified atom stereocenters. The zero-order valence-corrected chi connectivity index (χ0v) is 17.7. The van der Waals surface area contributed by atoms with Crippen molar-refractivity contribution < 1.29 is 14.3 Å². The largest absolute Gasteiger partial charge is 0.461 e. The van der Waals surface area contributed by atoms with Gasteiger partial charge in [-0.05, 0) is 31.5 Å². The Morgan fingerprint density at radius 3 is 2.48 bits per heavy atom. The number of carbonyl (C=O) groups excluding carboxylic acids is 2. The van der Waals surface area contributed by atoms with E-state index in [2.05, 4.69) is 11.9 Å². The lowest BCUT2D eigenvalue weighted by atomic mass is 10.1. The number of hydrogen-bond donors (Lipinski definition) is 0. The Hall–Kier alpha value is -1.63. The second-order valence-corrected chi connectivity index (χ2v) is 7.75. The van der Waals surface area contributed by atoms with Crippen molar-refractivity contribution in [2.75, 3.05) is 13.2 Å². The van der Waals surface area contributed by atoms with Crippen LogP contribution in [-0.2, 0) is 11.3 Å². The second kappa shape index (κ2) is 10.6. The van der Waals surface area contributed by atoms with Gasteiger partial charge in [-0.3, -0.25) is 4.79 Å². The van der Waals surface area contributed by atoms with E-state index in [1.807, 2.05) is 0 Å². The number of esters is 1. The predicted octanol–water partition coefficient (Wildman–Crippen LogP) is 5.46. The number of carbonyl (C=O) groups is 2. The van der Waals surface area contributed by atoms with Crippen molar-refractivity contribution in [2.24, 2.45) is 0 Å². The normalized spacial score (nSPS) is 10.7. The van der Waals surface area contributed by atoms with E-state index < -0.39 is 5.97 Å². The van der Waals surface area contributed by atoms with Gasteiger partial charge >= 0.3 is 5.97 Å². The number of benzene rings is 1. The summed E-state index contributed by atoms with van der Waals surface area (Å²) in [5.41, 5.74) is 0.703. The summed E-state index contributed by atoms with van der Waals surface area (Å²) in [6.07, 6.45) is 2.95. The van der Waals surface area contributed by atoms with Gasteiger partial charge in [-0.15, -0.1) is 11.3 Å². The quantitative estimate of drug-likeness (QED) is 0.392. The van der Waals surface area contributed by atoms with Crippen LogP contribution in [0.15, 0.2) is 23.6 Å². The lowest BCUT2D eigenvalue weighted by Crippen LogP contribution is -2.31. The molecule has 2 aromatic rings. The first-order valence-corrected chi connectivity index (χ1v) is 10.4. The van der Waals surface area contributed by atoms with E-state index in [-0.39, 0.29) is 11.6 Å². The van der Waals surface area contributed by atoms with Crippen molar-refractivity contribution >= 4 is 46.4 Å². The number of ether oxygens (including phenoxy) is 1. The number of amides is 1. The summed E-state index contributed by atoms with van der Waals surface area (Å²) in [5.74, 6) is -0.617. The van der Waals surface area contributed by atoms with Gasteiger partial charge in [0.1, 0.15) is 5.01 Å². The fourth-order valence-electron chi connectivity index (χ4n) is 2.51. The van der Waals surface area contributed by atoms with E-state index in [1.54, 1.807) is 35.4 Å². The molecule has 0 saturated heterocycles. The molecule has 8 heteroatoms. The monoisotopic (exact) mass is 428 g/mol. The molecule has 0 saturated carbocycles. The average Bonchev–Trinajstić information content (AvgIpc) is 3.08. The maximum Gasteiger partial charge on any atom is 0.357 e. The number of aromatic nitrogens is 1. The molecule has 5 nitrogen and oxygen atoms in total. The van der Waals surface area contributed by atoms with Crippen LogP contribution < -0.4 is 0 Å². The Bertz CT molecular complexity index is 775. The highest BCUT2D eigenvalue weighted by Crippen LogP contribution is 2.22. The molecular formula is C19H22Cl2N2O3S. The zero-order valence-electron chi connectivity index (χ0n) is 15.3. The zero-order chi connectivity index (χ0) is 19.8. The van der Waals surface area contributed by atoms with Gasteiger partial charge in [0.2, 0.25) is 0 Å². The number of halogens is 2. The van der Waals surface area contributed by atoms with E-state index in [1.165, 1.54) is 11.3 Å². The lowest BCUT2D eigenvalue weighted by molar-refractivity contribution is 0.0520. The van der Waals surface area contributed by atoms with Crippen LogP contribution in [0.2, 0.25) is 10.0 Å². The van der Waals surface area contributed by atoms with Gasteiger partial charge in [0.25, 0.3) is 5.91 Å². The third kappa shape index (κ3) is 6.48. The molecule has 2 rings (SSSR count). The first kappa shape index (κ1) is 21.7. The highest BCUT2D eigenvalue weighted by atomic mass is 35.5. The topological polar surface area (TPSA) is 59.5 Å². The van der Waals surface area contributed by atoms with Gasteiger partial charge in [-0.25, -0.2) is 9.78 Å². The second-order valence-electron chi connectivity index (χ2n) is 5.94. The van der Waals surface area contributed by atoms with Crippen molar-refractivity contribution in [1.82, 2.24) is 9.88 Å². The first-order chi connectivity index (χ1) is 12.9. The molecule has 1 aromatic carbocycles. The van der Waals surface area contributed by atoms with Crippen LogP contribution in [0, 0.1) is 0 Å². The van der Waals surface area contributed by atoms with Gasteiger partial charge in [0, 0.05) is 27.5 Å². The molecule has 0 bridgehead atoms. The predicted molar refractivity (Wildman–Crippen MR) is 109 cm³/mol. The summed E-state index contributed by atoms with van der Waals surface area (Å²) in [5, 5.41) is 3.16. The van der Waals surface area contributed by atoms with Gasteiger partial charge in [0.05, 0.1) is 13.2 Å². The molecule has 27 heavy (non-hydrogen) atoms. The van der Waals surface area contributed by atoms with E-state index in [9.17, 15) is 9.59 Å². The number of rotatable bonds is 9. The molecule has 0 fully saturated rings. The average molecular weight is 429 g/mol. The van der Waals surface area contributed by atoms with Crippen LogP contribution >= 0.6 is 34.5 Å². The van der Waals surface area contributed by atoms with Crippen molar-refractivity contribution in [3.05, 3.63) is 49.9 Å². The summed E-state index contributed by atoms with van der Waals surface area (Å²) in [7, 11) is 0. The Labute approximate surface area is 173 Å². The summed E-state index contributed by atoms with van der Waals surface area (Å²) >= 11 is 13.4. The molecule has 0 aliphatic carbocycles. The van der Waals surface area contributed by atoms with E-state index in [0.29, 0.717) is 40.3 Å². The Balaban J connectivity index is 2.18. The third-order valence-electron chi connectivity index (χ3n) is 3.79. The van der Waals surface area contributed by atoms with Crippen molar-refractivity contribution in [1.29, 1.82) is 0 Å². The Morgan fingerprint density at radius 2 is 1.85 bits per heavy atom. The lowest BCUT2D eigenvalue weighted by Gasteiger charge is -2.22. The van der Waals surface area contributed by atoms with Crippen molar-refractivity contribution in [2.45, 2.75) is 39.7 Å². The Morgan fingerprint density at radius 1 is 1.15 bits per heavy atom. The summed E-state index contributed by atoms with van der Waals surface area (Å²) in [4.78, 5) is 30.8. The SMILES string of the molecule is CCCCCN(Cc1nc(C(=O)OCC)cs1)C(=O)c1cc(Cl)cc(Cl)c1. The summed E-state index contributed by atoms with van der Waals surface area (Å²) in [6.45, 7) is 5.05. The van der Waals surface area contributed by atoms with Crippen LogP contribution in [0.3, 0.4) is 0 Å². The summed E-state index contributed by atoms with van der Waals surface area (Å²) < 4.78 is 4.96.